The second-order valence-corrected chi connectivity index (χ2v) is 7.65. The van der Waals surface area contributed by atoms with Gasteiger partial charge in [0, 0.05) is 25.2 Å². The smallest absolute Gasteiger partial charge is 0.257 e. The lowest BCUT2D eigenvalue weighted by molar-refractivity contribution is -0.116. The number of anilines is 1. The molecule has 1 N–H and O–H groups in total. The predicted molar refractivity (Wildman–Crippen MR) is 113 cm³/mol. The number of carbonyl (C=O) groups is 1. The van der Waals surface area contributed by atoms with E-state index in [-0.39, 0.29) is 5.91 Å². The summed E-state index contributed by atoms with van der Waals surface area (Å²) < 4.78 is 0. The third-order valence-electron chi connectivity index (χ3n) is 5.87. The molecule has 144 valence electrons. The summed E-state index contributed by atoms with van der Waals surface area (Å²) in [6.45, 7) is 2.54. The second-order valence-electron chi connectivity index (χ2n) is 7.65. The van der Waals surface area contributed by atoms with Crippen LogP contribution >= 0.6 is 0 Å². The lowest BCUT2D eigenvalue weighted by Gasteiger charge is -2.32. The van der Waals surface area contributed by atoms with Crippen LogP contribution in [0.3, 0.4) is 0 Å². The van der Waals surface area contributed by atoms with Crippen molar-refractivity contribution in [2.75, 3.05) is 11.9 Å². The van der Waals surface area contributed by atoms with Crippen LogP contribution in [0.4, 0.5) is 5.69 Å². The van der Waals surface area contributed by atoms with Crippen LogP contribution in [0.1, 0.15) is 28.3 Å². The van der Waals surface area contributed by atoms with E-state index >= 15 is 0 Å². The minimum Gasteiger partial charge on any atom is -0.323 e. The Bertz CT molecular complexity index is 1080. The van der Waals surface area contributed by atoms with Crippen molar-refractivity contribution >= 4 is 11.6 Å². The molecule has 3 aromatic carbocycles. The molecule has 0 bridgehead atoms. The molecule has 0 radical (unpaired) electrons. The van der Waals surface area contributed by atoms with E-state index in [1.54, 1.807) is 0 Å². The zero-order valence-electron chi connectivity index (χ0n) is 16.0. The highest BCUT2D eigenvalue weighted by atomic mass is 16.3. The largest absolute Gasteiger partial charge is 0.323 e. The van der Waals surface area contributed by atoms with Crippen molar-refractivity contribution in [1.29, 1.82) is 0 Å². The van der Waals surface area contributed by atoms with Gasteiger partial charge in [-0.3, -0.25) is 9.69 Å². The summed E-state index contributed by atoms with van der Waals surface area (Å²) in [5.74, 6) is -0.331. The van der Waals surface area contributed by atoms with Gasteiger partial charge < -0.3 is 5.32 Å². The predicted octanol–water partition coefficient (Wildman–Crippen LogP) is 4.67. The lowest BCUT2D eigenvalue weighted by Crippen LogP contribution is -2.31. The summed E-state index contributed by atoms with van der Waals surface area (Å²) in [7, 11) is 0. The molecule has 1 amide bonds. The number of hydrogen-bond donors (Lipinski definition) is 1. The van der Waals surface area contributed by atoms with Crippen LogP contribution in [-0.4, -0.2) is 17.4 Å². The minimum absolute atomic E-state index is 0.331. The molecule has 1 atom stereocenters. The molecule has 5 nitrogen and oxygen atoms in total. The number of nitrogens with zero attached hydrogens (tertiary/aromatic N) is 2. The zero-order valence-corrected chi connectivity index (χ0v) is 16.0. The van der Waals surface area contributed by atoms with Crippen molar-refractivity contribution in [1.82, 2.24) is 4.90 Å². The molecule has 0 fully saturated rings. The molecule has 2 aliphatic heterocycles. The fourth-order valence-electron chi connectivity index (χ4n) is 4.49. The molecule has 5 rings (SSSR count). The van der Waals surface area contributed by atoms with E-state index < -0.39 is 6.04 Å². The maximum atomic E-state index is 12.3. The third kappa shape index (κ3) is 3.13. The van der Waals surface area contributed by atoms with Gasteiger partial charge in [-0.25, -0.2) is 0 Å². The number of hydrogen-bond acceptors (Lipinski definition) is 4. The van der Waals surface area contributed by atoms with E-state index in [4.69, 9.17) is 0 Å². The summed E-state index contributed by atoms with van der Waals surface area (Å²) >= 11 is 0. The number of amides is 1. The van der Waals surface area contributed by atoms with Crippen LogP contribution in [0, 0.1) is 4.91 Å². The summed E-state index contributed by atoms with van der Waals surface area (Å²) in [5, 5.41) is 6.03. The van der Waals surface area contributed by atoms with Crippen molar-refractivity contribution in [2.24, 2.45) is 5.18 Å². The number of nitroso groups, excluding NO2 is 1. The molecule has 29 heavy (non-hydrogen) atoms. The maximum absolute atomic E-state index is 12.3. The first-order valence-corrected chi connectivity index (χ1v) is 9.88. The van der Waals surface area contributed by atoms with Crippen molar-refractivity contribution < 1.29 is 4.79 Å². The first-order valence-electron chi connectivity index (χ1n) is 9.88. The SMILES string of the molecule is O=NC1C(=O)Nc2c1cc(-c1ccccc1)c1c2CN(Cc2ccccc2)CC1. The molecule has 1 unspecified atom stereocenters. The molecule has 2 aliphatic rings. The van der Waals surface area contributed by atoms with Gasteiger partial charge in [0.25, 0.3) is 5.91 Å². The van der Waals surface area contributed by atoms with E-state index in [0.717, 1.165) is 48.4 Å². The first-order chi connectivity index (χ1) is 14.2. The Morgan fingerprint density at radius 2 is 1.72 bits per heavy atom. The van der Waals surface area contributed by atoms with Crippen molar-refractivity contribution in [3.8, 4) is 11.1 Å². The van der Waals surface area contributed by atoms with Gasteiger partial charge in [-0.1, -0.05) is 65.8 Å². The number of rotatable bonds is 4. The quantitative estimate of drug-likeness (QED) is 0.666. The second kappa shape index (κ2) is 7.26. The highest BCUT2D eigenvalue weighted by molar-refractivity contribution is 6.04. The number of fused-ring (bicyclic) bond motifs is 3. The van der Waals surface area contributed by atoms with Gasteiger partial charge in [-0.15, -0.1) is 4.91 Å². The molecule has 0 aliphatic carbocycles. The molecule has 0 aromatic heterocycles. The van der Waals surface area contributed by atoms with Crippen LogP contribution < -0.4 is 5.32 Å². The van der Waals surface area contributed by atoms with Crippen molar-refractivity contribution in [3.05, 3.63) is 93.9 Å². The average molecular weight is 383 g/mol. The van der Waals surface area contributed by atoms with Gasteiger partial charge in [0.2, 0.25) is 0 Å². The standard InChI is InChI=1S/C24H21N3O2/c28-24-23(26-29)20-13-19(17-9-5-2-6-10-17)18-11-12-27(15-21(18)22(20)25-24)14-16-7-3-1-4-8-16/h1-10,13,23H,11-12,14-15H2,(H,25,28). The maximum Gasteiger partial charge on any atom is 0.257 e. The summed E-state index contributed by atoms with van der Waals surface area (Å²) in [6.07, 6.45) is 0.898. The van der Waals surface area contributed by atoms with Crippen LogP contribution in [0.15, 0.2) is 71.9 Å². The summed E-state index contributed by atoms with van der Waals surface area (Å²) in [6, 6.07) is 21.6. The highest BCUT2D eigenvalue weighted by Crippen LogP contribution is 2.44. The fraction of sp³-hybridized carbons (Fsp3) is 0.208. The molecule has 0 saturated carbocycles. The van der Waals surface area contributed by atoms with E-state index in [1.165, 1.54) is 11.1 Å². The topological polar surface area (TPSA) is 61.8 Å². The normalized spacial score (nSPS) is 18.1. The Morgan fingerprint density at radius 3 is 2.45 bits per heavy atom. The Labute approximate surface area is 169 Å². The van der Waals surface area contributed by atoms with E-state index in [1.807, 2.05) is 30.3 Å². The number of nitrogens with one attached hydrogen (secondary N) is 1. The summed E-state index contributed by atoms with van der Waals surface area (Å²) in [4.78, 5) is 26.1. The molecule has 2 heterocycles. The first kappa shape index (κ1) is 17.8. The Hall–Kier alpha value is -3.31. The Kier molecular flexibility index (Phi) is 4.45. The number of carbonyl (C=O) groups excluding carboxylic acids is 1. The van der Waals surface area contributed by atoms with Gasteiger partial charge in [0.05, 0.1) is 5.69 Å². The molecule has 0 spiro atoms. The van der Waals surface area contributed by atoms with Gasteiger partial charge in [-0.05, 0) is 40.3 Å². The molecular formula is C24H21N3O2. The fourth-order valence-corrected chi connectivity index (χ4v) is 4.49. The van der Waals surface area contributed by atoms with Gasteiger partial charge in [0.1, 0.15) is 0 Å². The minimum atomic E-state index is -0.970. The highest BCUT2D eigenvalue weighted by Gasteiger charge is 2.37. The van der Waals surface area contributed by atoms with Crippen molar-refractivity contribution in [3.63, 3.8) is 0 Å². The van der Waals surface area contributed by atoms with Crippen LogP contribution in [0.25, 0.3) is 11.1 Å². The van der Waals surface area contributed by atoms with E-state index in [0.29, 0.717) is 5.56 Å². The Balaban J connectivity index is 1.60. The third-order valence-corrected chi connectivity index (χ3v) is 5.87. The van der Waals surface area contributed by atoms with Crippen LogP contribution in [-0.2, 0) is 24.3 Å². The Morgan fingerprint density at radius 1 is 1.00 bits per heavy atom. The average Bonchev–Trinajstić information content (AvgIpc) is 3.09. The van der Waals surface area contributed by atoms with Gasteiger partial charge in [0.15, 0.2) is 6.04 Å². The summed E-state index contributed by atoms with van der Waals surface area (Å²) in [5.41, 5.74) is 7.32. The molecule has 0 saturated heterocycles. The van der Waals surface area contributed by atoms with E-state index in [2.05, 4.69) is 51.8 Å². The number of benzene rings is 3. The van der Waals surface area contributed by atoms with E-state index in [9.17, 15) is 9.70 Å². The van der Waals surface area contributed by atoms with Gasteiger partial charge in [-0.2, -0.15) is 0 Å². The molecular weight excluding hydrogens is 362 g/mol. The van der Waals surface area contributed by atoms with Crippen molar-refractivity contribution in [2.45, 2.75) is 25.6 Å². The molecule has 3 aromatic rings. The zero-order chi connectivity index (χ0) is 19.8. The lowest BCUT2D eigenvalue weighted by atomic mass is 9.86. The van der Waals surface area contributed by atoms with Crippen LogP contribution in [0.5, 0.6) is 0 Å². The van der Waals surface area contributed by atoms with Gasteiger partial charge >= 0.3 is 0 Å². The van der Waals surface area contributed by atoms with Crippen LogP contribution in [0.2, 0.25) is 0 Å². The monoisotopic (exact) mass is 383 g/mol. The molecule has 5 heteroatoms.